The van der Waals surface area contributed by atoms with E-state index in [4.69, 9.17) is 4.74 Å². The normalized spacial score (nSPS) is 20.2. The predicted molar refractivity (Wildman–Crippen MR) is 73.9 cm³/mol. The third-order valence-electron chi connectivity index (χ3n) is 3.23. The van der Waals surface area contributed by atoms with Gasteiger partial charge in [-0.05, 0) is 44.0 Å². The number of sulfonamides is 1. The molecule has 1 atom stereocenters. The summed E-state index contributed by atoms with van der Waals surface area (Å²) in [5, 5.41) is 3.19. The molecular weight excluding hydrogens is 264 g/mol. The summed E-state index contributed by atoms with van der Waals surface area (Å²) < 4.78 is 32.7. The van der Waals surface area contributed by atoms with Crippen molar-refractivity contribution in [3.05, 3.63) is 23.8 Å². The highest BCUT2D eigenvalue weighted by molar-refractivity contribution is 7.89. The van der Waals surface area contributed by atoms with Gasteiger partial charge in [0, 0.05) is 12.6 Å². The summed E-state index contributed by atoms with van der Waals surface area (Å²) in [7, 11) is -2.06. The van der Waals surface area contributed by atoms with Crippen molar-refractivity contribution < 1.29 is 13.2 Å². The van der Waals surface area contributed by atoms with Crippen molar-refractivity contribution in [1.82, 2.24) is 10.0 Å². The summed E-state index contributed by atoms with van der Waals surface area (Å²) in [5.41, 5.74) is 0.892. The topological polar surface area (TPSA) is 67.4 Å². The molecule has 5 nitrogen and oxygen atoms in total. The molecule has 106 valence electrons. The molecule has 0 spiro atoms. The predicted octanol–water partition coefficient (Wildman–Crippen LogP) is 1.03. The molecule has 0 aliphatic carbocycles. The molecule has 1 saturated heterocycles. The quantitative estimate of drug-likeness (QED) is 0.867. The van der Waals surface area contributed by atoms with Crippen LogP contribution in [-0.2, 0) is 10.0 Å². The summed E-state index contributed by atoms with van der Waals surface area (Å²) in [6.07, 6.45) is 1.85. The Balaban J connectivity index is 2.25. The van der Waals surface area contributed by atoms with Gasteiger partial charge in [0.25, 0.3) is 0 Å². The number of hydrogen-bond acceptors (Lipinski definition) is 4. The van der Waals surface area contributed by atoms with Crippen LogP contribution in [0.2, 0.25) is 0 Å². The van der Waals surface area contributed by atoms with Crippen LogP contribution < -0.4 is 14.8 Å². The van der Waals surface area contributed by atoms with E-state index in [1.807, 2.05) is 13.0 Å². The van der Waals surface area contributed by atoms with Crippen LogP contribution >= 0.6 is 0 Å². The molecule has 1 aromatic carbocycles. The van der Waals surface area contributed by atoms with E-state index in [9.17, 15) is 8.42 Å². The van der Waals surface area contributed by atoms with Crippen molar-refractivity contribution >= 4 is 10.0 Å². The van der Waals surface area contributed by atoms with E-state index in [0.29, 0.717) is 12.3 Å². The van der Waals surface area contributed by atoms with Gasteiger partial charge in [-0.3, -0.25) is 0 Å². The molecule has 19 heavy (non-hydrogen) atoms. The number of methoxy groups -OCH3 is 1. The lowest BCUT2D eigenvalue weighted by atomic mass is 10.1. The number of benzene rings is 1. The van der Waals surface area contributed by atoms with Gasteiger partial charge in [0.15, 0.2) is 0 Å². The summed E-state index contributed by atoms with van der Waals surface area (Å²) in [5.74, 6) is 0.377. The Labute approximate surface area is 114 Å². The van der Waals surface area contributed by atoms with Crippen molar-refractivity contribution in [3.63, 3.8) is 0 Å². The Kier molecular flexibility index (Phi) is 4.44. The molecule has 0 aromatic heterocycles. The molecule has 1 heterocycles. The van der Waals surface area contributed by atoms with E-state index in [1.165, 1.54) is 7.11 Å². The fourth-order valence-electron chi connectivity index (χ4n) is 2.23. The number of aryl methyl sites for hydroxylation is 1. The zero-order valence-electron chi connectivity index (χ0n) is 11.3. The molecule has 1 aliphatic rings. The number of hydrogen-bond donors (Lipinski definition) is 2. The molecule has 0 bridgehead atoms. The van der Waals surface area contributed by atoms with Gasteiger partial charge >= 0.3 is 0 Å². The van der Waals surface area contributed by atoms with Gasteiger partial charge in [-0.25, -0.2) is 13.1 Å². The molecule has 1 unspecified atom stereocenters. The third-order valence-corrected chi connectivity index (χ3v) is 4.77. The molecule has 0 radical (unpaired) electrons. The number of nitrogens with one attached hydrogen (secondary N) is 2. The van der Waals surface area contributed by atoms with Crippen LogP contribution in [0.25, 0.3) is 0 Å². The second-order valence-electron chi connectivity index (χ2n) is 4.82. The monoisotopic (exact) mass is 284 g/mol. The molecule has 0 amide bonds. The van der Waals surface area contributed by atoms with Crippen molar-refractivity contribution in [2.24, 2.45) is 0 Å². The Hall–Kier alpha value is -1.11. The highest BCUT2D eigenvalue weighted by Crippen LogP contribution is 2.25. The number of ether oxygens (including phenoxy) is 1. The molecule has 1 aliphatic heterocycles. The van der Waals surface area contributed by atoms with Crippen LogP contribution in [0, 0.1) is 6.92 Å². The minimum Gasteiger partial charge on any atom is -0.495 e. The Bertz CT molecular complexity index is 537. The molecular formula is C13H20N2O3S. The molecule has 6 heteroatoms. The van der Waals surface area contributed by atoms with Crippen LogP contribution in [0.15, 0.2) is 23.1 Å². The van der Waals surface area contributed by atoms with Gasteiger partial charge in [-0.15, -0.1) is 0 Å². The third kappa shape index (κ3) is 3.46. The molecule has 2 N–H and O–H groups in total. The summed E-state index contributed by atoms with van der Waals surface area (Å²) in [6, 6.07) is 5.10. The van der Waals surface area contributed by atoms with Crippen molar-refractivity contribution in [2.75, 3.05) is 20.2 Å². The lowest BCUT2D eigenvalue weighted by molar-refractivity contribution is 0.399. The Morgan fingerprint density at radius 2 is 2.21 bits per heavy atom. The van der Waals surface area contributed by atoms with Crippen molar-refractivity contribution in [2.45, 2.75) is 30.7 Å². The molecule has 1 fully saturated rings. The zero-order valence-corrected chi connectivity index (χ0v) is 12.1. The van der Waals surface area contributed by atoms with Crippen LogP contribution in [0.4, 0.5) is 0 Å². The van der Waals surface area contributed by atoms with E-state index in [2.05, 4.69) is 10.0 Å². The van der Waals surface area contributed by atoms with Gasteiger partial charge < -0.3 is 10.1 Å². The minimum atomic E-state index is -3.54. The fourth-order valence-corrected chi connectivity index (χ4v) is 3.75. The largest absolute Gasteiger partial charge is 0.495 e. The minimum absolute atomic E-state index is 0.0519. The highest BCUT2D eigenvalue weighted by Gasteiger charge is 2.24. The SMILES string of the molecule is COc1ccc(C)cc1S(=O)(=O)NC1CCCNC1. The first kappa shape index (κ1) is 14.3. The van der Waals surface area contributed by atoms with Crippen LogP contribution in [0.1, 0.15) is 18.4 Å². The highest BCUT2D eigenvalue weighted by atomic mass is 32.2. The van der Waals surface area contributed by atoms with Crippen LogP contribution in [0.3, 0.4) is 0 Å². The van der Waals surface area contributed by atoms with E-state index in [1.54, 1.807) is 12.1 Å². The first-order valence-corrected chi connectivity index (χ1v) is 7.89. The Morgan fingerprint density at radius 3 is 2.84 bits per heavy atom. The fraction of sp³-hybridized carbons (Fsp3) is 0.538. The molecule has 0 saturated carbocycles. The Morgan fingerprint density at radius 1 is 1.42 bits per heavy atom. The smallest absolute Gasteiger partial charge is 0.244 e. The van der Waals surface area contributed by atoms with E-state index < -0.39 is 10.0 Å². The van der Waals surface area contributed by atoms with Gasteiger partial charge in [0.2, 0.25) is 10.0 Å². The van der Waals surface area contributed by atoms with Gasteiger partial charge in [-0.1, -0.05) is 6.07 Å². The van der Waals surface area contributed by atoms with Crippen LogP contribution in [0.5, 0.6) is 5.75 Å². The second-order valence-corrected chi connectivity index (χ2v) is 6.50. The molecule has 2 rings (SSSR count). The summed E-state index contributed by atoms with van der Waals surface area (Å²) in [4.78, 5) is 0.209. The maximum Gasteiger partial charge on any atom is 0.244 e. The first-order chi connectivity index (χ1) is 9.03. The average molecular weight is 284 g/mol. The van der Waals surface area contributed by atoms with Crippen molar-refractivity contribution in [3.8, 4) is 5.75 Å². The van der Waals surface area contributed by atoms with E-state index in [-0.39, 0.29) is 10.9 Å². The van der Waals surface area contributed by atoms with E-state index >= 15 is 0 Å². The average Bonchev–Trinajstić information content (AvgIpc) is 2.39. The lowest BCUT2D eigenvalue weighted by Gasteiger charge is -2.24. The lowest BCUT2D eigenvalue weighted by Crippen LogP contribution is -2.45. The molecule has 1 aromatic rings. The standard InChI is InChI=1S/C13H20N2O3S/c1-10-5-6-12(18-2)13(8-10)19(16,17)15-11-4-3-7-14-9-11/h5-6,8,11,14-15H,3-4,7,9H2,1-2H3. The number of rotatable bonds is 4. The number of piperidine rings is 1. The van der Waals surface area contributed by atoms with Crippen molar-refractivity contribution in [1.29, 1.82) is 0 Å². The van der Waals surface area contributed by atoms with Gasteiger partial charge in [-0.2, -0.15) is 0 Å². The first-order valence-electron chi connectivity index (χ1n) is 6.40. The van der Waals surface area contributed by atoms with Gasteiger partial charge in [0.05, 0.1) is 7.11 Å². The summed E-state index contributed by atoms with van der Waals surface area (Å²) in [6.45, 7) is 3.49. The maximum atomic E-state index is 12.4. The van der Waals surface area contributed by atoms with Crippen LogP contribution in [-0.4, -0.2) is 34.7 Å². The maximum absolute atomic E-state index is 12.4. The summed E-state index contributed by atoms with van der Waals surface area (Å²) >= 11 is 0. The second kappa shape index (κ2) is 5.90. The van der Waals surface area contributed by atoms with Gasteiger partial charge in [0.1, 0.15) is 10.6 Å². The zero-order chi connectivity index (χ0) is 13.9. The van der Waals surface area contributed by atoms with E-state index in [0.717, 1.165) is 24.9 Å².